The van der Waals surface area contributed by atoms with Crippen molar-refractivity contribution in [1.82, 2.24) is 0 Å². The topological polar surface area (TPSA) is 61.8 Å². The van der Waals surface area contributed by atoms with E-state index in [1.54, 1.807) is 26.0 Å². The predicted octanol–water partition coefficient (Wildman–Crippen LogP) is 3.62. The quantitative estimate of drug-likeness (QED) is 0.568. The molecule has 0 bridgehead atoms. The molecule has 0 saturated heterocycles. The maximum Gasteiger partial charge on any atom is 0.362 e. The SMILES string of the molecule is CCOC(=O)C(C)(Oc1ccc(-c2ccccc2)cc1)C(=O)OCC. The molecule has 0 aromatic heterocycles. The summed E-state index contributed by atoms with van der Waals surface area (Å²) >= 11 is 0. The van der Waals surface area contributed by atoms with E-state index in [0.29, 0.717) is 5.75 Å². The van der Waals surface area contributed by atoms with Gasteiger partial charge in [0, 0.05) is 0 Å². The first-order chi connectivity index (χ1) is 12.0. The zero-order valence-corrected chi connectivity index (χ0v) is 14.7. The Labute approximate surface area is 147 Å². The molecule has 5 heteroatoms. The van der Waals surface area contributed by atoms with Crippen LogP contribution in [-0.4, -0.2) is 30.8 Å². The van der Waals surface area contributed by atoms with Crippen LogP contribution >= 0.6 is 0 Å². The number of rotatable bonds is 7. The molecule has 0 atom stereocenters. The lowest BCUT2D eigenvalue weighted by atomic mass is 10.1. The van der Waals surface area contributed by atoms with Gasteiger partial charge in [0.15, 0.2) is 0 Å². The highest BCUT2D eigenvalue weighted by atomic mass is 16.6. The fraction of sp³-hybridized carbons (Fsp3) is 0.300. The largest absolute Gasteiger partial charge is 0.464 e. The van der Waals surface area contributed by atoms with Crippen molar-refractivity contribution in [2.24, 2.45) is 0 Å². The van der Waals surface area contributed by atoms with Crippen LogP contribution in [0.5, 0.6) is 5.75 Å². The summed E-state index contributed by atoms with van der Waals surface area (Å²) < 4.78 is 15.6. The van der Waals surface area contributed by atoms with Crippen molar-refractivity contribution in [1.29, 1.82) is 0 Å². The van der Waals surface area contributed by atoms with Gasteiger partial charge in [-0.15, -0.1) is 0 Å². The van der Waals surface area contributed by atoms with Gasteiger partial charge in [-0.1, -0.05) is 42.5 Å². The fourth-order valence-corrected chi connectivity index (χ4v) is 2.29. The Hall–Kier alpha value is -2.82. The summed E-state index contributed by atoms with van der Waals surface area (Å²) in [6.07, 6.45) is 0. The summed E-state index contributed by atoms with van der Waals surface area (Å²) in [5, 5.41) is 0. The Kier molecular flexibility index (Phi) is 6.17. The number of esters is 2. The third kappa shape index (κ3) is 4.38. The molecule has 2 aromatic rings. The molecule has 0 saturated carbocycles. The summed E-state index contributed by atoms with van der Waals surface area (Å²) in [7, 11) is 0. The molecule has 0 aliphatic carbocycles. The lowest BCUT2D eigenvalue weighted by Gasteiger charge is -2.26. The number of ether oxygens (including phenoxy) is 3. The number of hydrogen-bond acceptors (Lipinski definition) is 5. The highest BCUT2D eigenvalue weighted by Crippen LogP contribution is 2.26. The second kappa shape index (κ2) is 8.33. The molecule has 0 fully saturated rings. The molecule has 5 nitrogen and oxygen atoms in total. The summed E-state index contributed by atoms with van der Waals surface area (Å²) in [6.45, 7) is 4.97. The Balaban J connectivity index is 2.23. The number of hydrogen-bond donors (Lipinski definition) is 0. The number of carbonyl (C=O) groups is 2. The van der Waals surface area contributed by atoms with Crippen LogP contribution in [0.4, 0.5) is 0 Å². The number of carbonyl (C=O) groups excluding carboxylic acids is 2. The first-order valence-electron chi connectivity index (χ1n) is 8.20. The molecule has 132 valence electrons. The molecule has 0 N–H and O–H groups in total. The molecule has 0 aliphatic rings. The Bertz CT molecular complexity index is 689. The van der Waals surface area contributed by atoms with Crippen molar-refractivity contribution in [3.63, 3.8) is 0 Å². The standard InChI is InChI=1S/C20H22O5/c1-4-23-18(21)20(3,19(22)24-5-2)25-17-13-11-16(12-14-17)15-9-7-6-8-10-15/h6-14H,4-5H2,1-3H3. The van der Waals surface area contributed by atoms with Crippen molar-refractivity contribution in [3.8, 4) is 16.9 Å². The van der Waals surface area contributed by atoms with Crippen LogP contribution in [0.15, 0.2) is 54.6 Å². The molecule has 0 radical (unpaired) electrons. The summed E-state index contributed by atoms with van der Waals surface area (Å²) in [5.74, 6) is -1.18. The van der Waals surface area contributed by atoms with Crippen molar-refractivity contribution < 1.29 is 23.8 Å². The van der Waals surface area contributed by atoms with Crippen LogP contribution in [0.25, 0.3) is 11.1 Å². The average Bonchev–Trinajstić information content (AvgIpc) is 2.63. The second-order valence-electron chi connectivity index (χ2n) is 5.47. The van der Waals surface area contributed by atoms with E-state index < -0.39 is 17.5 Å². The van der Waals surface area contributed by atoms with Crippen LogP contribution in [0.3, 0.4) is 0 Å². The van der Waals surface area contributed by atoms with Crippen LogP contribution in [-0.2, 0) is 19.1 Å². The third-order valence-corrected chi connectivity index (χ3v) is 3.61. The van der Waals surface area contributed by atoms with E-state index in [9.17, 15) is 9.59 Å². The Morgan fingerprint density at radius 2 is 1.28 bits per heavy atom. The van der Waals surface area contributed by atoms with E-state index in [1.807, 2.05) is 42.5 Å². The maximum absolute atomic E-state index is 12.2. The van der Waals surface area contributed by atoms with Gasteiger partial charge in [-0.2, -0.15) is 0 Å². The highest BCUT2D eigenvalue weighted by Gasteiger charge is 2.47. The van der Waals surface area contributed by atoms with Crippen molar-refractivity contribution in [3.05, 3.63) is 54.6 Å². The Morgan fingerprint density at radius 3 is 1.76 bits per heavy atom. The first kappa shape index (κ1) is 18.5. The zero-order chi connectivity index (χ0) is 18.3. The van der Waals surface area contributed by atoms with Crippen LogP contribution < -0.4 is 4.74 Å². The van der Waals surface area contributed by atoms with Gasteiger partial charge >= 0.3 is 11.9 Å². The lowest BCUT2D eigenvalue weighted by Crippen LogP contribution is -2.51. The summed E-state index contributed by atoms with van der Waals surface area (Å²) in [4.78, 5) is 24.5. The molecular formula is C20H22O5. The summed E-state index contributed by atoms with van der Waals surface area (Å²) in [5.41, 5.74) is 0.217. The van der Waals surface area contributed by atoms with Crippen LogP contribution in [0.1, 0.15) is 20.8 Å². The molecule has 2 aromatic carbocycles. The van der Waals surface area contributed by atoms with Gasteiger partial charge in [0.2, 0.25) is 0 Å². The minimum atomic E-state index is -1.85. The monoisotopic (exact) mass is 342 g/mol. The summed E-state index contributed by atoms with van der Waals surface area (Å²) in [6, 6.07) is 17.0. The molecule has 0 spiro atoms. The molecule has 0 unspecified atom stereocenters. The minimum absolute atomic E-state index is 0.143. The average molecular weight is 342 g/mol. The number of benzene rings is 2. The van der Waals surface area contributed by atoms with Crippen LogP contribution in [0, 0.1) is 0 Å². The first-order valence-corrected chi connectivity index (χ1v) is 8.20. The molecular weight excluding hydrogens is 320 g/mol. The van der Waals surface area contributed by atoms with E-state index in [-0.39, 0.29) is 13.2 Å². The van der Waals surface area contributed by atoms with Gasteiger partial charge in [0.1, 0.15) is 5.75 Å². The smallest absolute Gasteiger partial charge is 0.362 e. The normalized spacial score (nSPS) is 10.8. The molecule has 0 heterocycles. The zero-order valence-electron chi connectivity index (χ0n) is 14.7. The third-order valence-electron chi connectivity index (χ3n) is 3.61. The van der Waals surface area contributed by atoms with E-state index in [0.717, 1.165) is 11.1 Å². The predicted molar refractivity (Wildman–Crippen MR) is 94.2 cm³/mol. The highest BCUT2D eigenvalue weighted by molar-refractivity contribution is 6.03. The molecule has 0 amide bonds. The van der Waals surface area contributed by atoms with Gasteiger partial charge in [0.05, 0.1) is 13.2 Å². The molecule has 25 heavy (non-hydrogen) atoms. The maximum atomic E-state index is 12.2. The molecule has 0 aliphatic heterocycles. The van der Waals surface area contributed by atoms with Gasteiger partial charge < -0.3 is 14.2 Å². The second-order valence-corrected chi connectivity index (χ2v) is 5.47. The van der Waals surface area contributed by atoms with E-state index in [4.69, 9.17) is 14.2 Å². The van der Waals surface area contributed by atoms with Crippen molar-refractivity contribution in [2.45, 2.75) is 26.4 Å². The van der Waals surface area contributed by atoms with Crippen LogP contribution in [0.2, 0.25) is 0 Å². The van der Waals surface area contributed by atoms with Crippen molar-refractivity contribution in [2.75, 3.05) is 13.2 Å². The lowest BCUT2D eigenvalue weighted by molar-refractivity contribution is -0.177. The fourth-order valence-electron chi connectivity index (χ4n) is 2.29. The van der Waals surface area contributed by atoms with Gasteiger partial charge in [-0.3, -0.25) is 0 Å². The van der Waals surface area contributed by atoms with Gasteiger partial charge in [-0.25, -0.2) is 9.59 Å². The molecule has 2 rings (SSSR count). The van der Waals surface area contributed by atoms with Crippen molar-refractivity contribution >= 4 is 11.9 Å². The van der Waals surface area contributed by atoms with Gasteiger partial charge in [-0.05, 0) is 44.0 Å². The Morgan fingerprint density at radius 1 is 0.800 bits per heavy atom. The van der Waals surface area contributed by atoms with E-state index in [2.05, 4.69) is 0 Å². The van der Waals surface area contributed by atoms with Gasteiger partial charge in [0.25, 0.3) is 5.60 Å². The minimum Gasteiger partial charge on any atom is -0.464 e. The van der Waals surface area contributed by atoms with E-state index in [1.165, 1.54) is 6.92 Å². The van der Waals surface area contributed by atoms with E-state index >= 15 is 0 Å².